The molecule has 0 radical (unpaired) electrons. The molecule has 0 N–H and O–H groups in total. The number of hydrogen-bond donors (Lipinski definition) is 0. The van der Waals surface area contributed by atoms with Crippen molar-refractivity contribution >= 4 is 11.8 Å². The van der Waals surface area contributed by atoms with Gasteiger partial charge in [-0.05, 0) is 54.3 Å². The first kappa shape index (κ1) is 18.1. The molecule has 29 heavy (non-hydrogen) atoms. The Bertz CT molecular complexity index is 1140. The number of benzene rings is 2. The van der Waals surface area contributed by atoms with Gasteiger partial charge in [0.25, 0.3) is 5.89 Å². The summed E-state index contributed by atoms with van der Waals surface area (Å²) in [6, 6.07) is 16.2. The lowest BCUT2D eigenvalue weighted by Gasteiger charge is -2.24. The highest BCUT2D eigenvalue weighted by Gasteiger charge is 2.24. The largest absolute Gasteiger partial charge is 0.365 e. The SMILES string of the molecule is CSc1ccc(-c2noc(-c3cc4n(n3)C[C@@H](c3ccc(F)cc3)OC4)n2)cc1. The first-order valence-electron chi connectivity index (χ1n) is 9.12. The Morgan fingerprint density at radius 1 is 1.10 bits per heavy atom. The van der Waals surface area contributed by atoms with Crippen molar-refractivity contribution in [3.63, 3.8) is 0 Å². The lowest BCUT2D eigenvalue weighted by atomic mass is 10.1. The van der Waals surface area contributed by atoms with E-state index in [4.69, 9.17) is 9.26 Å². The third-order valence-corrected chi connectivity index (χ3v) is 5.61. The van der Waals surface area contributed by atoms with Gasteiger partial charge >= 0.3 is 0 Å². The third kappa shape index (κ3) is 3.56. The fraction of sp³-hybridized carbons (Fsp3) is 0.190. The fourth-order valence-electron chi connectivity index (χ4n) is 3.29. The van der Waals surface area contributed by atoms with Crippen LogP contribution in [0.3, 0.4) is 0 Å². The van der Waals surface area contributed by atoms with E-state index in [0.29, 0.717) is 30.6 Å². The zero-order chi connectivity index (χ0) is 19.8. The number of thioether (sulfide) groups is 1. The summed E-state index contributed by atoms with van der Waals surface area (Å²) in [5.74, 6) is 0.634. The molecule has 0 unspecified atom stereocenters. The molecule has 0 saturated carbocycles. The summed E-state index contributed by atoms with van der Waals surface area (Å²) in [5, 5.41) is 8.70. The molecule has 2 aromatic carbocycles. The van der Waals surface area contributed by atoms with Crippen LogP contribution in [-0.4, -0.2) is 26.2 Å². The number of nitrogens with zero attached hydrogens (tertiary/aromatic N) is 4. The Morgan fingerprint density at radius 2 is 1.90 bits per heavy atom. The zero-order valence-corrected chi connectivity index (χ0v) is 16.4. The Morgan fingerprint density at radius 3 is 2.66 bits per heavy atom. The molecular formula is C21H17FN4O2S. The molecule has 6 nitrogen and oxygen atoms in total. The van der Waals surface area contributed by atoms with E-state index >= 15 is 0 Å². The van der Waals surface area contributed by atoms with Gasteiger partial charge in [-0.15, -0.1) is 11.8 Å². The van der Waals surface area contributed by atoms with Gasteiger partial charge < -0.3 is 9.26 Å². The van der Waals surface area contributed by atoms with Crippen molar-refractivity contribution in [2.24, 2.45) is 0 Å². The van der Waals surface area contributed by atoms with E-state index in [1.165, 1.54) is 17.0 Å². The topological polar surface area (TPSA) is 66.0 Å². The lowest BCUT2D eigenvalue weighted by Crippen LogP contribution is -2.21. The Hall–Kier alpha value is -2.97. The summed E-state index contributed by atoms with van der Waals surface area (Å²) in [7, 11) is 0. The molecule has 1 aliphatic rings. The van der Waals surface area contributed by atoms with Crippen LogP contribution in [0.15, 0.2) is 64.0 Å². The van der Waals surface area contributed by atoms with Crippen LogP contribution in [0.1, 0.15) is 17.4 Å². The van der Waals surface area contributed by atoms with Gasteiger partial charge in [0.2, 0.25) is 5.82 Å². The lowest BCUT2D eigenvalue weighted by molar-refractivity contribution is -0.00116. The summed E-state index contributed by atoms with van der Waals surface area (Å²) in [6.45, 7) is 0.949. The first-order chi connectivity index (χ1) is 14.2. The average Bonchev–Trinajstić information content (AvgIpc) is 3.41. The maximum absolute atomic E-state index is 13.2. The van der Waals surface area contributed by atoms with E-state index in [-0.39, 0.29) is 11.9 Å². The molecule has 146 valence electrons. The fourth-order valence-corrected chi connectivity index (χ4v) is 3.70. The molecule has 0 spiro atoms. The molecule has 0 amide bonds. The maximum Gasteiger partial charge on any atom is 0.278 e. The summed E-state index contributed by atoms with van der Waals surface area (Å²) >= 11 is 1.68. The molecule has 3 heterocycles. The normalized spacial score (nSPS) is 16.0. The van der Waals surface area contributed by atoms with E-state index in [1.54, 1.807) is 23.9 Å². The molecular weight excluding hydrogens is 391 g/mol. The quantitative estimate of drug-likeness (QED) is 0.455. The van der Waals surface area contributed by atoms with E-state index in [0.717, 1.165) is 16.8 Å². The van der Waals surface area contributed by atoms with Crippen LogP contribution >= 0.6 is 11.8 Å². The Balaban J connectivity index is 1.37. The van der Waals surface area contributed by atoms with Gasteiger partial charge in [-0.1, -0.05) is 17.3 Å². The molecule has 0 bridgehead atoms. The van der Waals surface area contributed by atoms with E-state index < -0.39 is 0 Å². The number of halogens is 1. The van der Waals surface area contributed by atoms with Crippen LogP contribution in [0.4, 0.5) is 4.39 Å². The van der Waals surface area contributed by atoms with Crippen LogP contribution in [0.5, 0.6) is 0 Å². The van der Waals surface area contributed by atoms with Crippen molar-refractivity contribution < 1.29 is 13.7 Å². The van der Waals surface area contributed by atoms with E-state index in [2.05, 4.69) is 15.2 Å². The van der Waals surface area contributed by atoms with Crippen LogP contribution < -0.4 is 0 Å². The molecule has 2 aromatic heterocycles. The number of fused-ring (bicyclic) bond motifs is 1. The summed E-state index contributed by atoms with van der Waals surface area (Å²) < 4.78 is 26.4. The highest BCUT2D eigenvalue weighted by molar-refractivity contribution is 7.98. The molecule has 0 saturated heterocycles. The van der Waals surface area contributed by atoms with Crippen molar-refractivity contribution in [3.05, 3.63) is 71.7 Å². The van der Waals surface area contributed by atoms with Gasteiger partial charge in [0.1, 0.15) is 11.9 Å². The van der Waals surface area contributed by atoms with Crippen LogP contribution in [0.2, 0.25) is 0 Å². The Kier molecular flexibility index (Phi) is 4.65. The smallest absolute Gasteiger partial charge is 0.278 e. The van der Waals surface area contributed by atoms with Gasteiger partial charge in [0.05, 0.1) is 18.8 Å². The molecule has 8 heteroatoms. The summed E-state index contributed by atoms with van der Waals surface area (Å²) in [5.41, 5.74) is 3.36. The minimum absolute atomic E-state index is 0.177. The van der Waals surface area contributed by atoms with Crippen LogP contribution in [0.25, 0.3) is 23.0 Å². The molecule has 1 aliphatic heterocycles. The minimum Gasteiger partial charge on any atom is -0.365 e. The van der Waals surface area contributed by atoms with Gasteiger partial charge in [-0.2, -0.15) is 10.1 Å². The average molecular weight is 408 g/mol. The van der Waals surface area contributed by atoms with Crippen molar-refractivity contribution in [1.29, 1.82) is 0 Å². The molecule has 0 aliphatic carbocycles. The van der Waals surface area contributed by atoms with Crippen molar-refractivity contribution in [2.45, 2.75) is 24.2 Å². The van der Waals surface area contributed by atoms with Crippen molar-refractivity contribution in [3.8, 4) is 23.0 Å². The third-order valence-electron chi connectivity index (χ3n) is 4.87. The van der Waals surface area contributed by atoms with Crippen LogP contribution in [-0.2, 0) is 17.9 Å². The molecule has 5 rings (SSSR count). The number of hydrogen-bond acceptors (Lipinski definition) is 6. The van der Waals surface area contributed by atoms with Crippen molar-refractivity contribution in [2.75, 3.05) is 6.26 Å². The highest BCUT2D eigenvalue weighted by atomic mass is 32.2. The monoisotopic (exact) mass is 408 g/mol. The number of rotatable bonds is 4. The molecule has 0 fully saturated rings. The maximum atomic E-state index is 13.2. The van der Waals surface area contributed by atoms with Crippen LogP contribution in [0, 0.1) is 5.82 Å². The van der Waals surface area contributed by atoms with Gasteiger partial charge in [-0.3, -0.25) is 4.68 Å². The molecule has 4 aromatic rings. The number of aromatic nitrogens is 4. The predicted molar refractivity (Wildman–Crippen MR) is 107 cm³/mol. The first-order valence-corrected chi connectivity index (χ1v) is 10.3. The minimum atomic E-state index is -0.262. The second kappa shape index (κ2) is 7.46. The summed E-state index contributed by atoms with van der Waals surface area (Å²) in [6.07, 6.45) is 1.86. The van der Waals surface area contributed by atoms with Gasteiger partial charge in [-0.25, -0.2) is 4.39 Å². The predicted octanol–water partition coefficient (Wildman–Crippen LogP) is 4.73. The van der Waals surface area contributed by atoms with Crippen molar-refractivity contribution in [1.82, 2.24) is 19.9 Å². The van der Waals surface area contributed by atoms with E-state index in [9.17, 15) is 4.39 Å². The second-order valence-electron chi connectivity index (χ2n) is 6.71. The van der Waals surface area contributed by atoms with Gasteiger partial charge in [0, 0.05) is 10.5 Å². The molecule has 1 atom stereocenters. The highest BCUT2D eigenvalue weighted by Crippen LogP contribution is 2.29. The zero-order valence-electron chi connectivity index (χ0n) is 15.6. The second-order valence-corrected chi connectivity index (χ2v) is 7.59. The standard InChI is InChI=1S/C21H17FN4O2S/c1-29-17-8-4-14(5-9-17)20-23-21(28-25-20)18-10-16-12-27-19(11-26(16)24-18)13-2-6-15(22)7-3-13/h2-10,19H,11-12H2,1H3/t19-/m0/s1. The Labute approximate surface area is 170 Å². The summed E-state index contributed by atoms with van der Waals surface area (Å²) in [4.78, 5) is 5.67. The van der Waals surface area contributed by atoms with E-state index in [1.807, 2.05) is 41.3 Å². The van der Waals surface area contributed by atoms with Gasteiger partial charge in [0.15, 0.2) is 5.69 Å². The number of ether oxygens (including phenoxy) is 1.